The summed E-state index contributed by atoms with van der Waals surface area (Å²) < 4.78 is 0. The Labute approximate surface area is 188 Å². The number of amides is 2. The van der Waals surface area contributed by atoms with Gasteiger partial charge in [-0.2, -0.15) is 0 Å². The van der Waals surface area contributed by atoms with Gasteiger partial charge in [0.1, 0.15) is 6.04 Å². The molecule has 5 heteroatoms. The van der Waals surface area contributed by atoms with Crippen LogP contribution in [0.15, 0.2) is 84.9 Å². The minimum Gasteiger partial charge on any atom is -0.343 e. The smallest absolute Gasteiger partial charge is 0.247 e. The summed E-state index contributed by atoms with van der Waals surface area (Å²) in [6.07, 6.45) is 0.379. The van der Waals surface area contributed by atoms with E-state index in [1.807, 2.05) is 84.9 Å². The third-order valence-electron chi connectivity index (χ3n) is 5.12. The summed E-state index contributed by atoms with van der Waals surface area (Å²) in [4.78, 5) is 26.1. The Morgan fingerprint density at radius 1 is 0.871 bits per heavy atom. The number of carbonyl (C=O) groups is 2. The molecule has 0 fully saturated rings. The van der Waals surface area contributed by atoms with Gasteiger partial charge in [0.15, 0.2) is 0 Å². The highest BCUT2D eigenvalue weighted by molar-refractivity contribution is 6.20. The summed E-state index contributed by atoms with van der Waals surface area (Å²) in [5, 5.41) is 5.92. The van der Waals surface area contributed by atoms with Crippen LogP contribution in [0.25, 0.3) is 11.1 Å². The third kappa shape index (κ3) is 5.96. The zero-order valence-electron chi connectivity index (χ0n) is 17.8. The van der Waals surface area contributed by atoms with Gasteiger partial charge in [-0.05, 0) is 31.0 Å². The first-order chi connectivity index (χ1) is 14.9. The number of alkyl halides is 1. The van der Waals surface area contributed by atoms with Crippen molar-refractivity contribution in [1.82, 2.24) is 5.32 Å². The molecule has 0 aromatic heterocycles. The number of para-hydroxylation sites is 1. The van der Waals surface area contributed by atoms with Crippen LogP contribution in [0.4, 0.5) is 5.69 Å². The fourth-order valence-corrected chi connectivity index (χ4v) is 3.28. The van der Waals surface area contributed by atoms with Gasteiger partial charge in [0, 0.05) is 23.6 Å². The van der Waals surface area contributed by atoms with Gasteiger partial charge < -0.3 is 10.6 Å². The largest absolute Gasteiger partial charge is 0.343 e. The van der Waals surface area contributed by atoms with Crippen LogP contribution in [0.2, 0.25) is 0 Å². The Kier molecular flexibility index (Phi) is 7.48. The van der Waals surface area contributed by atoms with Crippen molar-refractivity contribution in [3.05, 3.63) is 90.5 Å². The first kappa shape index (κ1) is 22.6. The molecule has 2 amide bonds. The van der Waals surface area contributed by atoms with Gasteiger partial charge in [-0.25, -0.2) is 0 Å². The molecule has 0 aliphatic heterocycles. The van der Waals surface area contributed by atoms with Crippen molar-refractivity contribution in [2.45, 2.75) is 26.3 Å². The molecule has 160 valence electrons. The van der Waals surface area contributed by atoms with Gasteiger partial charge in [0.25, 0.3) is 0 Å². The molecule has 3 aromatic rings. The van der Waals surface area contributed by atoms with Gasteiger partial charge in [-0.15, -0.1) is 11.6 Å². The molecule has 0 spiro atoms. The molecule has 0 aliphatic rings. The molecule has 0 saturated heterocycles. The van der Waals surface area contributed by atoms with Gasteiger partial charge in [0.05, 0.1) is 5.41 Å². The van der Waals surface area contributed by atoms with E-state index in [4.69, 9.17) is 11.6 Å². The van der Waals surface area contributed by atoms with E-state index in [9.17, 15) is 9.59 Å². The van der Waals surface area contributed by atoms with Gasteiger partial charge in [-0.1, -0.05) is 78.9 Å². The monoisotopic (exact) mass is 434 g/mol. The van der Waals surface area contributed by atoms with Crippen LogP contribution < -0.4 is 10.6 Å². The average Bonchev–Trinajstić information content (AvgIpc) is 2.80. The van der Waals surface area contributed by atoms with E-state index < -0.39 is 11.5 Å². The Morgan fingerprint density at radius 3 is 2.10 bits per heavy atom. The number of carbonyl (C=O) groups excluding carboxylic acids is 2. The lowest BCUT2D eigenvalue weighted by Crippen LogP contribution is -2.50. The van der Waals surface area contributed by atoms with Crippen LogP contribution in [0, 0.1) is 5.41 Å². The molecule has 31 heavy (non-hydrogen) atoms. The first-order valence-electron chi connectivity index (χ1n) is 10.3. The Bertz CT molecular complexity index is 1020. The number of benzene rings is 3. The molecule has 3 aromatic carbocycles. The van der Waals surface area contributed by atoms with Crippen molar-refractivity contribution in [2.24, 2.45) is 5.41 Å². The predicted octanol–water partition coefficient (Wildman–Crippen LogP) is 5.28. The Balaban J connectivity index is 1.86. The molecule has 3 rings (SSSR count). The molecule has 2 N–H and O–H groups in total. The highest BCUT2D eigenvalue weighted by Crippen LogP contribution is 2.28. The zero-order valence-corrected chi connectivity index (χ0v) is 18.5. The van der Waals surface area contributed by atoms with E-state index in [1.54, 1.807) is 13.8 Å². The molecule has 0 saturated carbocycles. The zero-order chi connectivity index (χ0) is 22.3. The lowest BCUT2D eigenvalue weighted by atomic mass is 9.94. The van der Waals surface area contributed by atoms with E-state index in [0.717, 1.165) is 16.7 Å². The second-order valence-electron chi connectivity index (χ2n) is 8.13. The average molecular weight is 435 g/mol. The van der Waals surface area contributed by atoms with Crippen LogP contribution in [0.1, 0.15) is 19.4 Å². The van der Waals surface area contributed by atoms with Gasteiger partial charge >= 0.3 is 0 Å². The third-order valence-corrected chi connectivity index (χ3v) is 5.79. The van der Waals surface area contributed by atoms with Crippen LogP contribution in [-0.2, 0) is 16.0 Å². The van der Waals surface area contributed by atoms with E-state index in [0.29, 0.717) is 12.1 Å². The maximum absolute atomic E-state index is 13.3. The van der Waals surface area contributed by atoms with Gasteiger partial charge in [-0.3, -0.25) is 9.59 Å². The lowest BCUT2D eigenvalue weighted by molar-refractivity contribution is -0.131. The van der Waals surface area contributed by atoms with Crippen molar-refractivity contribution >= 4 is 29.1 Å². The van der Waals surface area contributed by atoms with Crippen LogP contribution >= 0.6 is 11.6 Å². The molecule has 0 aliphatic carbocycles. The van der Waals surface area contributed by atoms with Crippen LogP contribution in [-0.4, -0.2) is 23.7 Å². The minimum absolute atomic E-state index is 0.162. The van der Waals surface area contributed by atoms with Crippen molar-refractivity contribution in [1.29, 1.82) is 0 Å². The lowest BCUT2D eigenvalue weighted by Gasteiger charge is -2.25. The minimum atomic E-state index is -0.779. The van der Waals surface area contributed by atoms with Crippen molar-refractivity contribution in [2.75, 3.05) is 11.2 Å². The molecule has 4 nitrogen and oxygen atoms in total. The summed E-state index contributed by atoms with van der Waals surface area (Å²) in [5.41, 5.74) is 2.80. The molecule has 1 atom stereocenters. The maximum Gasteiger partial charge on any atom is 0.247 e. The SMILES string of the molecule is CC(C)(CCl)C(=O)NC(Cc1ccccc1)C(=O)Nc1ccccc1-c1ccccc1. The number of rotatable bonds is 8. The Morgan fingerprint density at radius 2 is 1.45 bits per heavy atom. The number of anilines is 1. The van der Waals surface area contributed by atoms with Gasteiger partial charge in [0.2, 0.25) is 11.8 Å². The van der Waals surface area contributed by atoms with Crippen molar-refractivity contribution < 1.29 is 9.59 Å². The second-order valence-corrected chi connectivity index (χ2v) is 8.40. The summed E-state index contributed by atoms with van der Waals surface area (Å²) in [6.45, 7) is 3.52. The first-order valence-corrected chi connectivity index (χ1v) is 10.8. The number of halogens is 1. The summed E-state index contributed by atoms with van der Waals surface area (Å²) >= 11 is 5.97. The maximum atomic E-state index is 13.3. The van der Waals surface area contributed by atoms with Crippen molar-refractivity contribution in [3.63, 3.8) is 0 Å². The van der Waals surface area contributed by atoms with Crippen LogP contribution in [0.3, 0.4) is 0 Å². The van der Waals surface area contributed by atoms with E-state index >= 15 is 0 Å². The number of nitrogens with one attached hydrogen (secondary N) is 2. The number of hydrogen-bond donors (Lipinski definition) is 2. The summed E-state index contributed by atoms with van der Waals surface area (Å²) in [7, 11) is 0. The standard InChI is InChI=1S/C26H27ClN2O2/c1-26(2,18-27)25(31)29-23(17-19-11-5-3-6-12-19)24(30)28-22-16-10-9-15-21(22)20-13-7-4-8-14-20/h3-16,23H,17-18H2,1-2H3,(H,28,30)(H,29,31). The van der Waals surface area contributed by atoms with Crippen LogP contribution in [0.5, 0.6) is 0 Å². The fraction of sp³-hybridized carbons (Fsp3) is 0.231. The predicted molar refractivity (Wildman–Crippen MR) is 127 cm³/mol. The molecule has 1 unspecified atom stereocenters. The topological polar surface area (TPSA) is 58.2 Å². The normalized spacial score (nSPS) is 12.1. The van der Waals surface area contributed by atoms with E-state index in [-0.39, 0.29) is 17.7 Å². The number of hydrogen-bond acceptors (Lipinski definition) is 2. The fourth-order valence-electron chi connectivity index (χ4n) is 3.15. The quantitative estimate of drug-likeness (QED) is 0.473. The van der Waals surface area contributed by atoms with Crippen molar-refractivity contribution in [3.8, 4) is 11.1 Å². The molecular weight excluding hydrogens is 408 g/mol. The summed E-state index contributed by atoms with van der Waals surface area (Å²) in [6, 6.07) is 26.4. The Hall–Kier alpha value is -3.11. The highest BCUT2D eigenvalue weighted by atomic mass is 35.5. The summed E-state index contributed by atoms with van der Waals surface area (Å²) in [5.74, 6) is -0.365. The second kappa shape index (κ2) is 10.3. The van der Waals surface area contributed by atoms with E-state index in [2.05, 4.69) is 10.6 Å². The molecule has 0 radical (unpaired) electrons. The molecule has 0 bridgehead atoms. The van der Waals surface area contributed by atoms with E-state index in [1.165, 1.54) is 0 Å². The molecular formula is C26H27ClN2O2. The molecule has 0 heterocycles. The highest BCUT2D eigenvalue weighted by Gasteiger charge is 2.31.